The predicted octanol–water partition coefficient (Wildman–Crippen LogP) is 4.82. The van der Waals surface area contributed by atoms with Crippen LogP contribution in [-0.4, -0.2) is 40.4 Å². The Balaban J connectivity index is 1.69. The van der Waals surface area contributed by atoms with Crippen LogP contribution in [0.25, 0.3) is 0 Å². The first-order valence-corrected chi connectivity index (χ1v) is 14.2. The van der Waals surface area contributed by atoms with Gasteiger partial charge in [-0.25, -0.2) is 13.8 Å². The zero-order chi connectivity index (χ0) is 27.0. The Hall–Kier alpha value is -3.37. The molecule has 1 N–H and O–H groups in total. The molecule has 0 unspecified atom stereocenters. The fraction of sp³-hybridized carbons (Fsp3) is 0.259. The van der Waals surface area contributed by atoms with Crippen LogP contribution in [0.4, 0.5) is 5.69 Å². The summed E-state index contributed by atoms with van der Waals surface area (Å²) in [6, 6.07) is 18.7. The van der Waals surface area contributed by atoms with Crippen LogP contribution < -0.4 is 19.2 Å². The summed E-state index contributed by atoms with van der Waals surface area (Å²) in [5.74, 6) is 0.466. The highest BCUT2D eigenvalue weighted by molar-refractivity contribution is 9.10. The number of nitrogens with zero attached hydrogens (tertiary/aromatic N) is 2. The van der Waals surface area contributed by atoms with Crippen LogP contribution in [0.1, 0.15) is 29.2 Å². The topological polar surface area (TPSA) is 97.3 Å². The summed E-state index contributed by atoms with van der Waals surface area (Å²) in [7, 11) is -2.15. The number of rotatable bonds is 11. The van der Waals surface area contributed by atoms with Crippen LogP contribution in [0.3, 0.4) is 0 Å². The minimum absolute atomic E-state index is 0.372. The first-order chi connectivity index (χ1) is 17.6. The minimum Gasteiger partial charge on any atom is -0.493 e. The maximum Gasteiger partial charge on any atom is 0.260 e. The summed E-state index contributed by atoms with van der Waals surface area (Å²) in [5.41, 5.74) is 6.54. The van der Waals surface area contributed by atoms with Crippen LogP contribution >= 0.6 is 15.9 Å². The van der Waals surface area contributed by atoms with Crippen molar-refractivity contribution in [1.29, 1.82) is 0 Å². The minimum atomic E-state index is -3.69. The zero-order valence-electron chi connectivity index (χ0n) is 21.2. The number of hydrogen-bond donors (Lipinski definition) is 1. The quantitative estimate of drug-likeness (QED) is 0.256. The average molecular weight is 589 g/mol. The van der Waals surface area contributed by atoms with Gasteiger partial charge in [0, 0.05) is 0 Å². The first-order valence-electron chi connectivity index (χ1n) is 11.6. The molecule has 0 aliphatic rings. The van der Waals surface area contributed by atoms with Gasteiger partial charge in [0.2, 0.25) is 10.0 Å². The number of benzene rings is 3. The van der Waals surface area contributed by atoms with Gasteiger partial charge in [0.1, 0.15) is 13.2 Å². The number of para-hydroxylation sites is 1. The van der Waals surface area contributed by atoms with E-state index in [0.717, 1.165) is 21.7 Å². The second-order valence-electron chi connectivity index (χ2n) is 8.35. The number of hydrogen-bond acceptors (Lipinski definition) is 6. The molecule has 8 nitrogen and oxygen atoms in total. The monoisotopic (exact) mass is 587 g/mol. The maximum absolute atomic E-state index is 12.6. The van der Waals surface area contributed by atoms with Gasteiger partial charge in [-0.3, -0.25) is 9.10 Å². The van der Waals surface area contributed by atoms with E-state index < -0.39 is 22.5 Å². The van der Waals surface area contributed by atoms with E-state index in [9.17, 15) is 13.2 Å². The van der Waals surface area contributed by atoms with Crippen molar-refractivity contribution in [1.82, 2.24) is 5.43 Å². The number of anilines is 1. The summed E-state index contributed by atoms with van der Waals surface area (Å²) in [6.45, 7) is 3.93. The fourth-order valence-electron chi connectivity index (χ4n) is 3.57. The Kier molecular flexibility index (Phi) is 9.71. The number of ether oxygens (including phenoxy) is 2. The molecule has 0 heterocycles. The van der Waals surface area contributed by atoms with Gasteiger partial charge in [0.05, 0.1) is 29.7 Å². The Labute approximate surface area is 226 Å². The van der Waals surface area contributed by atoms with Crippen LogP contribution in [0.15, 0.2) is 70.2 Å². The molecule has 0 saturated carbocycles. The van der Waals surface area contributed by atoms with Gasteiger partial charge in [-0.2, -0.15) is 5.10 Å². The van der Waals surface area contributed by atoms with Gasteiger partial charge in [-0.05, 0) is 64.2 Å². The number of carbonyl (C=O) groups excluding carboxylic acids is 1. The number of sulfonamides is 1. The largest absolute Gasteiger partial charge is 0.493 e. The van der Waals surface area contributed by atoms with Gasteiger partial charge in [0.25, 0.3) is 5.91 Å². The van der Waals surface area contributed by atoms with E-state index in [1.165, 1.54) is 18.9 Å². The van der Waals surface area contributed by atoms with E-state index in [1.807, 2.05) is 50.2 Å². The van der Waals surface area contributed by atoms with Crippen molar-refractivity contribution in [3.63, 3.8) is 0 Å². The molecule has 3 rings (SSSR count). The van der Waals surface area contributed by atoms with E-state index in [1.54, 1.807) is 24.3 Å². The molecule has 10 heteroatoms. The third-order valence-electron chi connectivity index (χ3n) is 5.49. The molecule has 0 radical (unpaired) electrons. The van der Waals surface area contributed by atoms with Crippen LogP contribution in [0.5, 0.6) is 11.5 Å². The summed E-state index contributed by atoms with van der Waals surface area (Å²) in [6.07, 6.45) is 3.14. The van der Waals surface area contributed by atoms with E-state index in [-0.39, 0.29) is 0 Å². The number of methoxy groups -OCH3 is 1. The van der Waals surface area contributed by atoms with Gasteiger partial charge in [-0.15, -0.1) is 0 Å². The summed E-state index contributed by atoms with van der Waals surface area (Å²) in [4.78, 5) is 12.6. The van der Waals surface area contributed by atoms with Crippen LogP contribution in [0, 0.1) is 6.92 Å². The third kappa shape index (κ3) is 7.80. The molecule has 0 fully saturated rings. The average Bonchev–Trinajstić information content (AvgIpc) is 2.86. The Morgan fingerprint density at radius 2 is 1.84 bits per heavy atom. The second kappa shape index (κ2) is 12.7. The smallest absolute Gasteiger partial charge is 0.260 e. The van der Waals surface area contributed by atoms with Crippen molar-refractivity contribution in [2.75, 3.05) is 24.2 Å². The summed E-state index contributed by atoms with van der Waals surface area (Å²) >= 11 is 3.51. The van der Waals surface area contributed by atoms with Crippen LogP contribution in [-0.2, 0) is 27.8 Å². The van der Waals surface area contributed by atoms with Gasteiger partial charge >= 0.3 is 0 Å². The number of hydrazone groups is 1. The Bertz CT molecular complexity index is 1380. The highest BCUT2D eigenvalue weighted by Gasteiger charge is 2.22. The number of carbonyl (C=O) groups is 1. The maximum atomic E-state index is 12.6. The molecule has 0 aliphatic heterocycles. The Morgan fingerprint density at radius 1 is 1.14 bits per heavy atom. The molecule has 196 valence electrons. The lowest BCUT2D eigenvalue weighted by Crippen LogP contribution is -2.39. The molecule has 0 aliphatic carbocycles. The van der Waals surface area contributed by atoms with Crippen molar-refractivity contribution in [3.8, 4) is 11.5 Å². The highest BCUT2D eigenvalue weighted by Crippen LogP contribution is 2.37. The molecule has 3 aromatic carbocycles. The van der Waals surface area contributed by atoms with Crippen molar-refractivity contribution >= 4 is 43.8 Å². The fourth-order valence-corrected chi connectivity index (χ4v) is 5.03. The third-order valence-corrected chi connectivity index (χ3v) is 7.20. The highest BCUT2D eigenvalue weighted by atomic mass is 79.9. The lowest BCUT2D eigenvalue weighted by Gasteiger charge is -2.23. The molecule has 0 saturated heterocycles. The van der Waals surface area contributed by atoms with Crippen molar-refractivity contribution in [3.05, 3.63) is 87.4 Å². The van der Waals surface area contributed by atoms with Crippen molar-refractivity contribution in [2.24, 2.45) is 5.10 Å². The van der Waals surface area contributed by atoms with Crippen molar-refractivity contribution in [2.45, 2.75) is 26.9 Å². The first kappa shape index (κ1) is 28.2. The molecule has 0 bridgehead atoms. The Morgan fingerprint density at radius 3 is 2.49 bits per heavy atom. The van der Waals surface area contributed by atoms with Crippen LogP contribution in [0.2, 0.25) is 0 Å². The number of nitrogens with one attached hydrogen (secondary N) is 1. The lowest BCUT2D eigenvalue weighted by molar-refractivity contribution is -0.119. The van der Waals surface area contributed by atoms with Gasteiger partial charge in [0.15, 0.2) is 11.5 Å². The molecule has 1 amide bonds. The lowest BCUT2D eigenvalue weighted by atomic mass is 10.1. The molecule has 3 aromatic rings. The number of amides is 1. The van der Waals surface area contributed by atoms with E-state index in [0.29, 0.717) is 40.3 Å². The van der Waals surface area contributed by atoms with E-state index in [4.69, 9.17) is 9.47 Å². The second-order valence-corrected chi connectivity index (χ2v) is 11.1. The van der Waals surface area contributed by atoms with Gasteiger partial charge < -0.3 is 9.47 Å². The summed E-state index contributed by atoms with van der Waals surface area (Å²) < 4.78 is 38.0. The predicted molar refractivity (Wildman–Crippen MR) is 150 cm³/mol. The molecule has 0 atom stereocenters. The zero-order valence-corrected chi connectivity index (χ0v) is 23.6. The number of aryl methyl sites for hydroxylation is 2. The SMILES string of the molecule is CCc1ccccc1N(CC(=O)N/N=C\c1cc(Br)c(OCc2ccc(C)cc2)c(OC)c1)S(C)(=O)=O. The summed E-state index contributed by atoms with van der Waals surface area (Å²) in [5, 5.41) is 4.00. The van der Waals surface area contributed by atoms with Gasteiger partial charge in [-0.1, -0.05) is 55.0 Å². The molecule has 0 aromatic heterocycles. The van der Waals surface area contributed by atoms with E-state index in [2.05, 4.69) is 26.5 Å². The normalized spacial score (nSPS) is 11.4. The molecular weight excluding hydrogens is 558 g/mol. The van der Waals surface area contributed by atoms with Crippen molar-refractivity contribution < 1.29 is 22.7 Å². The standard InChI is InChI=1S/C27H30BrN3O5S/c1-5-22-8-6-7-9-24(22)31(37(4,33)34)17-26(32)30-29-16-21-14-23(28)27(25(15-21)35-3)36-18-20-12-10-19(2)11-13-20/h6-16H,5,17-18H2,1-4H3,(H,30,32)/b29-16-. The molecule has 37 heavy (non-hydrogen) atoms. The molecule has 0 spiro atoms. The molecular formula is C27H30BrN3O5S. The van der Waals surface area contributed by atoms with E-state index >= 15 is 0 Å². The number of halogens is 1.